The van der Waals surface area contributed by atoms with Crippen molar-refractivity contribution >= 4 is 11.9 Å². The van der Waals surface area contributed by atoms with Crippen molar-refractivity contribution in [2.75, 3.05) is 26.2 Å². The summed E-state index contributed by atoms with van der Waals surface area (Å²) in [6.45, 7) is 2.33. The van der Waals surface area contributed by atoms with E-state index in [1.54, 1.807) is 9.80 Å². The van der Waals surface area contributed by atoms with Gasteiger partial charge in [-0.15, -0.1) is 0 Å². The van der Waals surface area contributed by atoms with Gasteiger partial charge in [-0.25, -0.2) is 4.79 Å². The highest BCUT2D eigenvalue weighted by Gasteiger charge is 2.41. The highest BCUT2D eigenvalue weighted by atomic mass is 16.5. The fraction of sp³-hybridized carbons (Fsp3) is 0.481. The zero-order chi connectivity index (χ0) is 23.8. The minimum absolute atomic E-state index is 0.0553. The van der Waals surface area contributed by atoms with Gasteiger partial charge in [-0.05, 0) is 43.2 Å². The SMILES string of the molecule is O=C(NCCc1ccccc1)N1CCC[C@H]1C(=O)N1CCC[C@H]1C(O)COCc1ccccc1. The van der Waals surface area contributed by atoms with Crippen molar-refractivity contribution in [2.45, 2.75) is 56.9 Å². The zero-order valence-corrected chi connectivity index (χ0v) is 19.6. The highest BCUT2D eigenvalue weighted by molar-refractivity contribution is 5.88. The van der Waals surface area contributed by atoms with E-state index in [1.165, 1.54) is 5.56 Å². The summed E-state index contributed by atoms with van der Waals surface area (Å²) in [4.78, 5) is 29.7. The van der Waals surface area contributed by atoms with Gasteiger partial charge >= 0.3 is 6.03 Å². The largest absolute Gasteiger partial charge is 0.389 e. The molecule has 3 atom stereocenters. The third kappa shape index (κ3) is 6.15. The molecular weight excluding hydrogens is 430 g/mol. The first-order chi connectivity index (χ1) is 16.6. The van der Waals surface area contributed by atoms with Crippen molar-refractivity contribution in [3.63, 3.8) is 0 Å². The van der Waals surface area contributed by atoms with Crippen molar-refractivity contribution in [1.82, 2.24) is 15.1 Å². The molecular formula is C27H35N3O4. The van der Waals surface area contributed by atoms with E-state index < -0.39 is 12.1 Å². The van der Waals surface area contributed by atoms with E-state index in [9.17, 15) is 14.7 Å². The highest BCUT2D eigenvalue weighted by Crippen LogP contribution is 2.26. The third-order valence-corrected chi connectivity index (χ3v) is 6.76. The van der Waals surface area contributed by atoms with Crippen LogP contribution in [0.3, 0.4) is 0 Å². The van der Waals surface area contributed by atoms with Gasteiger partial charge in [0.15, 0.2) is 0 Å². The lowest BCUT2D eigenvalue weighted by molar-refractivity contribution is -0.139. The Balaban J connectivity index is 1.28. The van der Waals surface area contributed by atoms with Gasteiger partial charge in [-0.3, -0.25) is 4.79 Å². The number of carbonyl (C=O) groups is 2. The molecule has 4 rings (SSSR count). The Morgan fingerprint density at radius 2 is 1.59 bits per heavy atom. The summed E-state index contributed by atoms with van der Waals surface area (Å²) < 4.78 is 5.73. The second-order valence-electron chi connectivity index (χ2n) is 9.13. The van der Waals surface area contributed by atoms with Crippen molar-refractivity contribution in [3.8, 4) is 0 Å². The first-order valence-electron chi connectivity index (χ1n) is 12.3. The number of carbonyl (C=O) groups excluding carboxylic acids is 2. The van der Waals surface area contributed by atoms with Crippen LogP contribution in [0, 0.1) is 0 Å². The average molecular weight is 466 g/mol. The maximum Gasteiger partial charge on any atom is 0.318 e. The number of urea groups is 1. The average Bonchev–Trinajstić information content (AvgIpc) is 3.55. The molecule has 34 heavy (non-hydrogen) atoms. The minimum atomic E-state index is -0.746. The molecule has 2 aliphatic rings. The molecule has 2 aromatic rings. The summed E-state index contributed by atoms with van der Waals surface area (Å²) in [5.74, 6) is -0.0553. The molecule has 2 aromatic carbocycles. The van der Waals surface area contributed by atoms with E-state index in [0.717, 1.165) is 31.2 Å². The molecule has 0 aliphatic carbocycles. The number of aliphatic hydroxyl groups is 1. The van der Waals surface area contributed by atoms with Gasteiger partial charge in [-0.1, -0.05) is 60.7 Å². The van der Waals surface area contributed by atoms with Crippen molar-refractivity contribution in [3.05, 3.63) is 71.8 Å². The molecule has 0 aromatic heterocycles. The molecule has 2 heterocycles. The fourth-order valence-corrected chi connectivity index (χ4v) is 4.97. The number of hydrogen-bond donors (Lipinski definition) is 2. The lowest BCUT2D eigenvalue weighted by atomic mass is 10.1. The van der Waals surface area contributed by atoms with E-state index in [-0.39, 0.29) is 24.6 Å². The number of likely N-dealkylation sites (tertiary alicyclic amines) is 2. The number of aliphatic hydroxyl groups excluding tert-OH is 1. The van der Waals surface area contributed by atoms with Crippen LogP contribution in [0.4, 0.5) is 4.79 Å². The van der Waals surface area contributed by atoms with Gasteiger partial charge in [0.25, 0.3) is 0 Å². The van der Waals surface area contributed by atoms with Crippen molar-refractivity contribution in [2.24, 2.45) is 0 Å². The second kappa shape index (κ2) is 12.0. The molecule has 0 bridgehead atoms. The van der Waals surface area contributed by atoms with E-state index in [0.29, 0.717) is 32.7 Å². The molecule has 1 unspecified atom stereocenters. The Labute approximate surface area is 201 Å². The lowest BCUT2D eigenvalue weighted by Gasteiger charge is -2.33. The van der Waals surface area contributed by atoms with Gasteiger partial charge in [0.05, 0.1) is 25.4 Å². The number of rotatable bonds is 9. The summed E-state index contributed by atoms with van der Waals surface area (Å²) in [5.41, 5.74) is 2.22. The fourth-order valence-electron chi connectivity index (χ4n) is 4.97. The molecule has 0 radical (unpaired) electrons. The maximum absolute atomic E-state index is 13.4. The van der Waals surface area contributed by atoms with Gasteiger partial charge in [-0.2, -0.15) is 0 Å². The van der Waals surface area contributed by atoms with Crippen LogP contribution in [0.15, 0.2) is 60.7 Å². The Hall–Kier alpha value is -2.90. The van der Waals surface area contributed by atoms with Crippen molar-refractivity contribution in [1.29, 1.82) is 0 Å². The van der Waals surface area contributed by atoms with Crippen LogP contribution >= 0.6 is 0 Å². The summed E-state index contributed by atoms with van der Waals surface area (Å²) in [6.07, 6.45) is 3.07. The predicted molar refractivity (Wildman–Crippen MR) is 130 cm³/mol. The lowest BCUT2D eigenvalue weighted by Crippen LogP contribution is -2.54. The third-order valence-electron chi connectivity index (χ3n) is 6.76. The molecule has 3 amide bonds. The number of amides is 3. The topological polar surface area (TPSA) is 82.1 Å². The van der Waals surface area contributed by atoms with E-state index in [4.69, 9.17) is 4.74 Å². The number of nitrogens with one attached hydrogen (secondary N) is 1. The van der Waals surface area contributed by atoms with Gasteiger partial charge in [0.1, 0.15) is 6.04 Å². The summed E-state index contributed by atoms with van der Waals surface area (Å²) in [6, 6.07) is 18.9. The van der Waals surface area contributed by atoms with Crippen LogP contribution in [0.25, 0.3) is 0 Å². The number of benzene rings is 2. The number of ether oxygens (including phenoxy) is 1. The molecule has 0 saturated carbocycles. The summed E-state index contributed by atoms with van der Waals surface area (Å²) in [7, 11) is 0. The molecule has 2 saturated heterocycles. The number of nitrogens with zero attached hydrogens (tertiary/aromatic N) is 2. The quantitative estimate of drug-likeness (QED) is 0.597. The molecule has 7 nitrogen and oxygen atoms in total. The summed E-state index contributed by atoms with van der Waals surface area (Å²) in [5, 5.41) is 13.7. The molecule has 182 valence electrons. The smallest absolute Gasteiger partial charge is 0.318 e. The Morgan fingerprint density at radius 1 is 0.941 bits per heavy atom. The zero-order valence-electron chi connectivity index (χ0n) is 19.6. The first kappa shape index (κ1) is 24.2. The number of hydrogen-bond acceptors (Lipinski definition) is 4. The molecule has 0 spiro atoms. The Kier molecular flexibility index (Phi) is 8.55. The van der Waals surface area contributed by atoms with E-state index >= 15 is 0 Å². The van der Waals surface area contributed by atoms with Crippen molar-refractivity contribution < 1.29 is 19.4 Å². The van der Waals surface area contributed by atoms with Crippen LogP contribution in [-0.4, -0.2) is 71.3 Å². The van der Waals surface area contributed by atoms with Crippen LogP contribution < -0.4 is 5.32 Å². The Morgan fingerprint density at radius 3 is 2.32 bits per heavy atom. The molecule has 2 aliphatic heterocycles. The summed E-state index contributed by atoms with van der Waals surface area (Å²) >= 11 is 0. The van der Waals surface area contributed by atoms with Crippen LogP contribution in [0.5, 0.6) is 0 Å². The van der Waals surface area contributed by atoms with Gasteiger partial charge in [0, 0.05) is 19.6 Å². The standard InChI is InChI=1S/C27H35N3O4/c31-25(20-34-19-22-11-5-2-6-12-22)23-13-7-17-29(23)26(32)24-14-8-18-30(24)27(33)28-16-15-21-9-3-1-4-10-21/h1-6,9-12,23-25,31H,7-8,13-20H2,(H,28,33)/t23-,24-,25?/m0/s1. The second-order valence-corrected chi connectivity index (χ2v) is 9.13. The molecule has 2 fully saturated rings. The van der Waals surface area contributed by atoms with Crippen LogP contribution in [0.1, 0.15) is 36.8 Å². The van der Waals surface area contributed by atoms with Crippen LogP contribution in [-0.2, 0) is 22.6 Å². The molecule has 2 N–H and O–H groups in total. The normalized spacial score (nSPS) is 21.0. The maximum atomic E-state index is 13.4. The first-order valence-corrected chi connectivity index (χ1v) is 12.3. The monoisotopic (exact) mass is 465 g/mol. The molecule has 7 heteroatoms. The Bertz CT molecular complexity index is 924. The van der Waals surface area contributed by atoms with Gasteiger partial charge in [0.2, 0.25) is 5.91 Å². The van der Waals surface area contributed by atoms with E-state index in [1.807, 2.05) is 60.7 Å². The van der Waals surface area contributed by atoms with Crippen LogP contribution in [0.2, 0.25) is 0 Å². The van der Waals surface area contributed by atoms with E-state index in [2.05, 4.69) is 5.32 Å². The van der Waals surface area contributed by atoms with Gasteiger partial charge < -0.3 is 25.0 Å². The minimum Gasteiger partial charge on any atom is -0.389 e. The predicted octanol–water partition coefficient (Wildman–Crippen LogP) is 2.97.